The Morgan fingerprint density at radius 1 is 1.60 bits per heavy atom. The van der Waals surface area contributed by atoms with E-state index in [9.17, 15) is 4.79 Å². The van der Waals surface area contributed by atoms with Crippen LogP contribution in [0, 0.1) is 5.41 Å². The van der Waals surface area contributed by atoms with Crippen LogP contribution in [0.3, 0.4) is 0 Å². The Bertz CT molecular complexity index is 134. The predicted octanol–water partition coefficient (Wildman–Crippen LogP) is 0.965. The Morgan fingerprint density at radius 3 is 2.60 bits per heavy atom. The zero-order chi connectivity index (χ0) is 7.61. The van der Waals surface area contributed by atoms with Gasteiger partial charge in [0, 0.05) is 12.8 Å². The summed E-state index contributed by atoms with van der Waals surface area (Å²) in [4.78, 5) is 10.7. The summed E-state index contributed by atoms with van der Waals surface area (Å²) < 4.78 is 0. The lowest BCUT2D eigenvalue weighted by Crippen LogP contribution is -2.36. The largest absolute Gasteiger partial charge is 0.320 e. The second-order valence-corrected chi connectivity index (χ2v) is 3.56. The lowest BCUT2D eigenvalue weighted by molar-refractivity contribution is -0.131. The van der Waals surface area contributed by atoms with E-state index in [2.05, 4.69) is 12.2 Å². The summed E-state index contributed by atoms with van der Waals surface area (Å²) in [7, 11) is 1.95. The standard InChI is InChI=1S/C8H15NO/c1-8(3-4-9-2)5-7(10)6-8/h9H,3-6H2,1-2H3. The summed E-state index contributed by atoms with van der Waals surface area (Å²) in [5.41, 5.74) is 0.333. The number of nitrogens with one attached hydrogen (secondary N) is 1. The summed E-state index contributed by atoms with van der Waals surface area (Å²) in [6.07, 6.45) is 2.73. The van der Waals surface area contributed by atoms with Gasteiger partial charge in [0.1, 0.15) is 5.78 Å². The van der Waals surface area contributed by atoms with Gasteiger partial charge in [0.05, 0.1) is 0 Å². The molecule has 1 aliphatic rings. The number of Topliss-reactive ketones (excluding diaryl/α,β-unsaturated/α-hetero) is 1. The van der Waals surface area contributed by atoms with Crippen molar-refractivity contribution in [1.29, 1.82) is 0 Å². The van der Waals surface area contributed by atoms with Crippen molar-refractivity contribution in [1.82, 2.24) is 5.32 Å². The molecule has 1 saturated carbocycles. The highest BCUT2D eigenvalue weighted by atomic mass is 16.1. The SMILES string of the molecule is CNCCC1(C)CC(=O)C1. The van der Waals surface area contributed by atoms with Gasteiger partial charge >= 0.3 is 0 Å². The van der Waals surface area contributed by atoms with Crippen LogP contribution in [0.2, 0.25) is 0 Å². The summed E-state index contributed by atoms with van der Waals surface area (Å²) >= 11 is 0. The highest BCUT2D eigenvalue weighted by molar-refractivity contribution is 5.85. The molecule has 0 atom stereocenters. The van der Waals surface area contributed by atoms with Crippen LogP contribution in [-0.2, 0) is 4.79 Å². The van der Waals surface area contributed by atoms with Gasteiger partial charge in [0.15, 0.2) is 0 Å². The van der Waals surface area contributed by atoms with Crippen LogP contribution < -0.4 is 5.32 Å². The van der Waals surface area contributed by atoms with Crippen molar-refractivity contribution in [2.45, 2.75) is 26.2 Å². The lowest BCUT2D eigenvalue weighted by Gasteiger charge is -2.36. The molecule has 2 heteroatoms. The molecule has 0 spiro atoms. The Hall–Kier alpha value is -0.370. The first-order valence-electron chi connectivity index (χ1n) is 3.83. The number of hydrogen-bond donors (Lipinski definition) is 1. The average molecular weight is 141 g/mol. The van der Waals surface area contributed by atoms with E-state index in [-0.39, 0.29) is 0 Å². The Kier molecular flexibility index (Phi) is 2.09. The molecule has 0 radical (unpaired) electrons. The molecule has 1 aliphatic carbocycles. The van der Waals surface area contributed by atoms with Crippen molar-refractivity contribution in [3.05, 3.63) is 0 Å². The van der Waals surface area contributed by atoms with E-state index < -0.39 is 0 Å². The van der Waals surface area contributed by atoms with Crippen LogP contribution in [0.1, 0.15) is 26.2 Å². The number of carbonyl (C=O) groups excluding carboxylic acids is 1. The zero-order valence-corrected chi connectivity index (χ0v) is 6.74. The molecule has 10 heavy (non-hydrogen) atoms. The third-order valence-corrected chi connectivity index (χ3v) is 2.23. The summed E-state index contributed by atoms with van der Waals surface area (Å²) in [6.45, 7) is 3.22. The first kappa shape index (κ1) is 7.73. The topological polar surface area (TPSA) is 29.1 Å². The van der Waals surface area contributed by atoms with E-state index in [1.165, 1.54) is 0 Å². The summed E-state index contributed by atoms with van der Waals surface area (Å²) in [5, 5.41) is 3.10. The van der Waals surface area contributed by atoms with Gasteiger partial charge in [-0.25, -0.2) is 0 Å². The highest BCUT2D eigenvalue weighted by Gasteiger charge is 2.37. The van der Waals surface area contributed by atoms with E-state index in [1.54, 1.807) is 0 Å². The molecule has 2 nitrogen and oxygen atoms in total. The van der Waals surface area contributed by atoms with Gasteiger partial charge in [-0.3, -0.25) is 4.79 Å². The molecule has 0 aromatic heterocycles. The molecule has 0 unspecified atom stereocenters. The highest BCUT2D eigenvalue weighted by Crippen LogP contribution is 2.39. The second kappa shape index (κ2) is 2.70. The maximum Gasteiger partial charge on any atom is 0.134 e. The quantitative estimate of drug-likeness (QED) is 0.634. The fraction of sp³-hybridized carbons (Fsp3) is 0.875. The minimum absolute atomic E-state index is 0.333. The molecule has 1 N–H and O–H groups in total. The van der Waals surface area contributed by atoms with E-state index >= 15 is 0 Å². The van der Waals surface area contributed by atoms with Crippen molar-refractivity contribution < 1.29 is 4.79 Å². The van der Waals surface area contributed by atoms with Gasteiger partial charge in [0.2, 0.25) is 0 Å². The molecule has 0 saturated heterocycles. The van der Waals surface area contributed by atoms with Crippen LogP contribution in [0.4, 0.5) is 0 Å². The fourth-order valence-electron chi connectivity index (χ4n) is 1.50. The third-order valence-electron chi connectivity index (χ3n) is 2.23. The monoisotopic (exact) mass is 141 g/mol. The molecule has 0 amide bonds. The normalized spacial score (nSPS) is 22.4. The van der Waals surface area contributed by atoms with Gasteiger partial charge < -0.3 is 5.32 Å². The van der Waals surface area contributed by atoms with Gasteiger partial charge in [-0.2, -0.15) is 0 Å². The van der Waals surface area contributed by atoms with E-state index in [0.29, 0.717) is 11.2 Å². The predicted molar refractivity (Wildman–Crippen MR) is 40.9 cm³/mol. The van der Waals surface area contributed by atoms with E-state index in [0.717, 1.165) is 25.8 Å². The first-order chi connectivity index (χ1) is 4.66. The number of ketones is 1. The average Bonchev–Trinajstić information content (AvgIpc) is 1.81. The maximum atomic E-state index is 10.7. The van der Waals surface area contributed by atoms with Crippen molar-refractivity contribution >= 4 is 5.78 Å². The number of rotatable bonds is 3. The molecule has 1 fully saturated rings. The molecule has 0 aromatic rings. The summed E-state index contributed by atoms with van der Waals surface area (Å²) in [5.74, 6) is 0.429. The van der Waals surface area contributed by atoms with Crippen LogP contribution in [0.5, 0.6) is 0 Å². The molecule has 1 rings (SSSR count). The fourth-order valence-corrected chi connectivity index (χ4v) is 1.50. The van der Waals surface area contributed by atoms with E-state index in [1.807, 2.05) is 7.05 Å². The van der Waals surface area contributed by atoms with Crippen molar-refractivity contribution in [3.63, 3.8) is 0 Å². The van der Waals surface area contributed by atoms with Gasteiger partial charge in [-0.1, -0.05) is 6.92 Å². The first-order valence-corrected chi connectivity index (χ1v) is 3.83. The minimum Gasteiger partial charge on any atom is -0.320 e. The number of carbonyl (C=O) groups is 1. The number of hydrogen-bond acceptors (Lipinski definition) is 2. The van der Waals surface area contributed by atoms with Crippen LogP contribution in [0.15, 0.2) is 0 Å². The van der Waals surface area contributed by atoms with Crippen LogP contribution >= 0.6 is 0 Å². The van der Waals surface area contributed by atoms with Gasteiger partial charge in [-0.05, 0) is 25.4 Å². The minimum atomic E-state index is 0.333. The Balaban J connectivity index is 2.21. The zero-order valence-electron chi connectivity index (χ0n) is 6.74. The Labute approximate surface area is 62.0 Å². The van der Waals surface area contributed by atoms with Crippen LogP contribution in [-0.4, -0.2) is 19.4 Å². The molecule has 58 valence electrons. The Morgan fingerprint density at radius 2 is 2.20 bits per heavy atom. The van der Waals surface area contributed by atoms with Gasteiger partial charge in [0.25, 0.3) is 0 Å². The van der Waals surface area contributed by atoms with Gasteiger partial charge in [-0.15, -0.1) is 0 Å². The molecule has 0 aliphatic heterocycles. The molecular weight excluding hydrogens is 126 g/mol. The lowest BCUT2D eigenvalue weighted by atomic mass is 9.67. The third kappa shape index (κ3) is 1.57. The van der Waals surface area contributed by atoms with Crippen LogP contribution in [0.25, 0.3) is 0 Å². The molecule has 0 heterocycles. The molecule has 0 bridgehead atoms. The molecule has 0 aromatic carbocycles. The maximum absolute atomic E-state index is 10.7. The smallest absolute Gasteiger partial charge is 0.134 e. The second-order valence-electron chi connectivity index (χ2n) is 3.56. The summed E-state index contributed by atoms with van der Waals surface area (Å²) in [6, 6.07) is 0. The van der Waals surface area contributed by atoms with Crippen molar-refractivity contribution in [2.24, 2.45) is 5.41 Å². The van der Waals surface area contributed by atoms with E-state index in [4.69, 9.17) is 0 Å². The van der Waals surface area contributed by atoms with Crippen molar-refractivity contribution in [2.75, 3.05) is 13.6 Å². The van der Waals surface area contributed by atoms with Crippen molar-refractivity contribution in [3.8, 4) is 0 Å². The molecular formula is C8H15NO.